The summed E-state index contributed by atoms with van der Waals surface area (Å²) in [6.07, 6.45) is 2.96. The molecule has 6 nitrogen and oxygen atoms in total. The summed E-state index contributed by atoms with van der Waals surface area (Å²) < 4.78 is 30.9. The first-order valence-corrected chi connectivity index (χ1v) is 8.16. The van der Waals surface area contributed by atoms with Gasteiger partial charge >= 0.3 is 0 Å². The van der Waals surface area contributed by atoms with Gasteiger partial charge in [-0.15, -0.1) is 0 Å². The first kappa shape index (κ1) is 14.6. The number of hydrogen-bond acceptors (Lipinski definition) is 4. The topological polar surface area (TPSA) is 75.7 Å². The van der Waals surface area contributed by atoms with Gasteiger partial charge < -0.3 is 9.64 Å². The van der Waals surface area contributed by atoms with Crippen LogP contribution < -0.4 is 9.46 Å². The largest absolute Gasteiger partial charge is 0.487 e. The number of amides is 1. The Hall–Kier alpha value is -1.76. The molecule has 1 aliphatic carbocycles. The zero-order chi connectivity index (χ0) is 14.9. The number of para-hydroxylation sites is 1. The van der Waals surface area contributed by atoms with Gasteiger partial charge in [-0.2, -0.15) is 0 Å². The minimum absolute atomic E-state index is 0.0613. The summed E-state index contributed by atoms with van der Waals surface area (Å²) in [5.74, 6) is 0.0805. The third-order valence-electron chi connectivity index (χ3n) is 2.76. The normalized spacial score (nSPS) is 14.8. The highest BCUT2D eigenvalue weighted by atomic mass is 32.2. The van der Waals surface area contributed by atoms with E-state index in [2.05, 4.69) is 4.72 Å². The van der Waals surface area contributed by atoms with E-state index in [0.29, 0.717) is 17.0 Å². The number of rotatable bonds is 5. The van der Waals surface area contributed by atoms with Gasteiger partial charge in [-0.05, 0) is 25.0 Å². The molecule has 0 unspecified atom stereocenters. The minimum atomic E-state index is -3.43. The molecule has 7 heteroatoms. The lowest BCUT2D eigenvalue weighted by atomic mass is 10.1. The summed E-state index contributed by atoms with van der Waals surface area (Å²) >= 11 is 0. The van der Waals surface area contributed by atoms with Crippen LogP contribution >= 0.6 is 0 Å². The highest BCUT2D eigenvalue weighted by Gasteiger charge is 2.28. The average Bonchev–Trinajstić information content (AvgIpc) is 3.12. The highest BCUT2D eigenvalue weighted by Crippen LogP contribution is 2.36. The summed E-state index contributed by atoms with van der Waals surface area (Å²) in [6, 6.07) is 4.85. The van der Waals surface area contributed by atoms with Crippen molar-refractivity contribution < 1.29 is 17.9 Å². The number of sulfonamides is 1. The van der Waals surface area contributed by atoms with Gasteiger partial charge in [0.15, 0.2) is 5.75 Å². The summed E-state index contributed by atoms with van der Waals surface area (Å²) in [5, 5.41) is 0. The van der Waals surface area contributed by atoms with Crippen molar-refractivity contribution in [2.75, 3.05) is 25.1 Å². The smallest absolute Gasteiger partial charge is 0.257 e. The molecule has 110 valence electrons. The Bertz CT molecular complexity index is 621. The molecule has 0 aromatic heterocycles. The van der Waals surface area contributed by atoms with Crippen LogP contribution in [0.25, 0.3) is 0 Å². The van der Waals surface area contributed by atoms with Gasteiger partial charge in [0.2, 0.25) is 10.0 Å². The molecular weight excluding hydrogens is 280 g/mol. The monoisotopic (exact) mass is 298 g/mol. The maximum absolute atomic E-state index is 12.2. The molecule has 2 rings (SSSR count). The Morgan fingerprint density at radius 2 is 2.00 bits per heavy atom. The van der Waals surface area contributed by atoms with Gasteiger partial charge in [0.05, 0.1) is 23.6 Å². The number of anilines is 1. The van der Waals surface area contributed by atoms with Crippen LogP contribution in [0.15, 0.2) is 18.2 Å². The summed E-state index contributed by atoms with van der Waals surface area (Å²) in [7, 11) is -0.155. The lowest BCUT2D eigenvalue weighted by Gasteiger charge is -2.18. The lowest BCUT2D eigenvalue weighted by molar-refractivity contribution is 0.0823. The van der Waals surface area contributed by atoms with E-state index in [1.54, 1.807) is 32.3 Å². The fourth-order valence-electron chi connectivity index (χ4n) is 1.71. The van der Waals surface area contributed by atoms with E-state index in [1.807, 2.05) is 0 Å². The van der Waals surface area contributed by atoms with E-state index in [-0.39, 0.29) is 12.0 Å². The molecule has 0 spiro atoms. The van der Waals surface area contributed by atoms with Crippen molar-refractivity contribution in [1.29, 1.82) is 0 Å². The summed E-state index contributed by atoms with van der Waals surface area (Å²) in [4.78, 5) is 13.6. The second-order valence-electron chi connectivity index (χ2n) is 5.07. The van der Waals surface area contributed by atoms with Gasteiger partial charge in [-0.25, -0.2) is 8.42 Å². The zero-order valence-electron chi connectivity index (χ0n) is 11.7. The van der Waals surface area contributed by atoms with Crippen LogP contribution in [0, 0.1) is 0 Å². The standard InChI is InChI=1S/C13H18N2O4S/c1-15(2)13(16)10-5-4-6-11(14-20(3,17)18)12(10)19-9-7-8-9/h4-6,9,14H,7-8H2,1-3H3. The van der Waals surface area contributed by atoms with Crippen LogP contribution in [-0.2, 0) is 10.0 Å². The van der Waals surface area contributed by atoms with Gasteiger partial charge in [0, 0.05) is 14.1 Å². The van der Waals surface area contributed by atoms with Crippen molar-refractivity contribution in [3.63, 3.8) is 0 Å². The molecule has 0 atom stereocenters. The number of carbonyl (C=O) groups excluding carboxylic acids is 1. The number of hydrogen-bond donors (Lipinski definition) is 1. The molecule has 0 radical (unpaired) electrons. The Labute approximate surface area is 118 Å². The van der Waals surface area contributed by atoms with Gasteiger partial charge in [0.1, 0.15) is 0 Å². The second-order valence-corrected chi connectivity index (χ2v) is 6.82. The average molecular weight is 298 g/mol. The maximum Gasteiger partial charge on any atom is 0.257 e. The summed E-state index contributed by atoms with van der Waals surface area (Å²) in [5.41, 5.74) is 0.655. The Kier molecular flexibility index (Phi) is 3.89. The second kappa shape index (κ2) is 5.32. The van der Waals surface area contributed by atoms with E-state index < -0.39 is 10.0 Å². The van der Waals surface area contributed by atoms with Crippen molar-refractivity contribution in [2.24, 2.45) is 0 Å². The van der Waals surface area contributed by atoms with Gasteiger partial charge in [-0.1, -0.05) is 6.07 Å². The molecule has 1 saturated carbocycles. The third kappa shape index (κ3) is 3.63. The van der Waals surface area contributed by atoms with Gasteiger partial charge in [0.25, 0.3) is 5.91 Å². The molecule has 1 aliphatic rings. The maximum atomic E-state index is 12.2. The fraction of sp³-hybridized carbons (Fsp3) is 0.462. The number of carbonyl (C=O) groups is 1. The number of benzene rings is 1. The molecule has 0 aliphatic heterocycles. The molecule has 0 heterocycles. The molecule has 0 bridgehead atoms. The molecule has 1 aromatic carbocycles. The number of nitrogens with zero attached hydrogens (tertiary/aromatic N) is 1. The van der Waals surface area contributed by atoms with Crippen LogP contribution in [0.5, 0.6) is 5.75 Å². The SMILES string of the molecule is CN(C)C(=O)c1cccc(NS(C)(=O)=O)c1OC1CC1. The highest BCUT2D eigenvalue weighted by molar-refractivity contribution is 7.92. The number of ether oxygens (including phenoxy) is 1. The van der Waals surface area contributed by atoms with E-state index >= 15 is 0 Å². The van der Waals surface area contributed by atoms with Crippen molar-refractivity contribution in [1.82, 2.24) is 4.90 Å². The number of nitrogens with one attached hydrogen (secondary N) is 1. The van der Waals surface area contributed by atoms with Crippen LogP contribution in [0.3, 0.4) is 0 Å². The molecule has 1 amide bonds. The summed E-state index contributed by atoms with van der Waals surface area (Å²) in [6.45, 7) is 0. The van der Waals surface area contributed by atoms with Gasteiger partial charge in [-0.3, -0.25) is 9.52 Å². The van der Waals surface area contributed by atoms with Crippen molar-refractivity contribution >= 4 is 21.6 Å². The molecular formula is C13H18N2O4S. The van der Waals surface area contributed by atoms with Crippen molar-refractivity contribution in [3.8, 4) is 5.75 Å². The van der Waals surface area contributed by atoms with E-state index in [0.717, 1.165) is 19.1 Å². The molecule has 20 heavy (non-hydrogen) atoms. The zero-order valence-corrected chi connectivity index (χ0v) is 12.5. The third-order valence-corrected chi connectivity index (χ3v) is 3.35. The first-order valence-electron chi connectivity index (χ1n) is 6.27. The van der Waals surface area contributed by atoms with Crippen LogP contribution in [0.2, 0.25) is 0 Å². The predicted octanol–water partition coefficient (Wildman–Crippen LogP) is 1.30. The van der Waals surface area contributed by atoms with E-state index in [4.69, 9.17) is 4.74 Å². The van der Waals surface area contributed by atoms with Crippen molar-refractivity contribution in [3.05, 3.63) is 23.8 Å². The van der Waals surface area contributed by atoms with Crippen LogP contribution in [0.4, 0.5) is 5.69 Å². The Morgan fingerprint density at radius 1 is 1.35 bits per heavy atom. The molecule has 1 fully saturated rings. The minimum Gasteiger partial charge on any atom is -0.487 e. The first-order chi connectivity index (χ1) is 9.28. The Morgan fingerprint density at radius 3 is 2.50 bits per heavy atom. The molecule has 1 aromatic rings. The fourth-order valence-corrected chi connectivity index (χ4v) is 2.27. The molecule has 0 saturated heterocycles. The Balaban J connectivity index is 2.44. The van der Waals surface area contributed by atoms with Crippen molar-refractivity contribution in [2.45, 2.75) is 18.9 Å². The lowest BCUT2D eigenvalue weighted by Crippen LogP contribution is -2.23. The molecule has 1 N–H and O–H groups in total. The van der Waals surface area contributed by atoms with E-state index in [1.165, 1.54) is 4.90 Å². The van der Waals surface area contributed by atoms with Crippen LogP contribution in [-0.4, -0.2) is 45.7 Å². The van der Waals surface area contributed by atoms with Crippen LogP contribution in [0.1, 0.15) is 23.2 Å². The van der Waals surface area contributed by atoms with E-state index in [9.17, 15) is 13.2 Å². The predicted molar refractivity (Wildman–Crippen MR) is 76.6 cm³/mol. The quantitative estimate of drug-likeness (QED) is 0.889.